The first kappa shape index (κ1) is 16.9. The Bertz CT molecular complexity index is 684. The van der Waals surface area contributed by atoms with Crippen molar-refractivity contribution in [2.45, 2.75) is 32.9 Å². The van der Waals surface area contributed by atoms with Gasteiger partial charge >= 0.3 is 0 Å². The smallest absolute Gasteiger partial charge is 0.229 e. The minimum atomic E-state index is 0.113. The van der Waals surface area contributed by atoms with Crippen LogP contribution in [0.3, 0.4) is 0 Å². The van der Waals surface area contributed by atoms with Crippen molar-refractivity contribution in [3.63, 3.8) is 0 Å². The summed E-state index contributed by atoms with van der Waals surface area (Å²) in [5, 5.41) is 2.82. The Morgan fingerprint density at radius 3 is 2.96 bits per heavy atom. The van der Waals surface area contributed by atoms with E-state index in [2.05, 4.69) is 4.98 Å². The zero-order valence-corrected chi connectivity index (χ0v) is 14.8. The predicted octanol–water partition coefficient (Wildman–Crippen LogP) is 2.82. The van der Waals surface area contributed by atoms with Gasteiger partial charge in [-0.05, 0) is 26.0 Å². The van der Waals surface area contributed by atoms with E-state index < -0.39 is 0 Å². The Morgan fingerprint density at radius 1 is 1.42 bits per heavy atom. The van der Waals surface area contributed by atoms with Crippen molar-refractivity contribution >= 4 is 17.2 Å². The monoisotopic (exact) mass is 346 g/mol. The molecule has 1 saturated heterocycles. The topological polar surface area (TPSA) is 51.7 Å². The number of carbonyl (C=O) groups is 1. The van der Waals surface area contributed by atoms with Gasteiger partial charge in [-0.2, -0.15) is 0 Å². The first-order chi connectivity index (χ1) is 11.6. The summed E-state index contributed by atoms with van der Waals surface area (Å²) in [6.07, 6.45) is 0.339. The van der Waals surface area contributed by atoms with Gasteiger partial charge < -0.3 is 14.4 Å². The molecule has 1 unspecified atom stereocenters. The lowest BCUT2D eigenvalue weighted by Crippen LogP contribution is -2.47. The molecule has 1 amide bonds. The van der Waals surface area contributed by atoms with Crippen molar-refractivity contribution in [3.8, 4) is 5.75 Å². The third kappa shape index (κ3) is 4.33. The summed E-state index contributed by atoms with van der Waals surface area (Å²) in [5.41, 5.74) is 2.01. The van der Waals surface area contributed by atoms with E-state index in [-0.39, 0.29) is 11.9 Å². The maximum absolute atomic E-state index is 12.4. The van der Waals surface area contributed by atoms with Crippen LogP contribution in [0.5, 0.6) is 5.75 Å². The number of rotatable bonds is 5. The number of aromatic nitrogens is 1. The minimum absolute atomic E-state index is 0.113. The molecule has 1 aliphatic rings. The molecule has 1 aromatic carbocycles. The molecule has 0 radical (unpaired) electrons. The highest BCUT2D eigenvalue weighted by Gasteiger charge is 2.24. The highest BCUT2D eigenvalue weighted by molar-refractivity contribution is 7.09. The second-order valence-corrected chi connectivity index (χ2v) is 6.96. The number of hydrogen-bond acceptors (Lipinski definition) is 5. The van der Waals surface area contributed by atoms with Gasteiger partial charge in [0.25, 0.3) is 0 Å². The van der Waals surface area contributed by atoms with Crippen molar-refractivity contribution in [2.75, 3.05) is 19.8 Å². The summed E-state index contributed by atoms with van der Waals surface area (Å²) in [7, 11) is 0. The van der Waals surface area contributed by atoms with E-state index in [4.69, 9.17) is 9.47 Å². The fraction of sp³-hybridized carbons (Fsp3) is 0.444. The SMILES string of the molecule is Cc1ccc(OCc2nc(CC(=O)N3CCOCC3C)cs2)cc1. The summed E-state index contributed by atoms with van der Waals surface area (Å²) in [4.78, 5) is 18.8. The maximum Gasteiger partial charge on any atom is 0.229 e. The highest BCUT2D eigenvalue weighted by Crippen LogP contribution is 2.17. The van der Waals surface area contributed by atoms with E-state index >= 15 is 0 Å². The largest absolute Gasteiger partial charge is 0.486 e. The van der Waals surface area contributed by atoms with Gasteiger partial charge in [0.1, 0.15) is 17.4 Å². The Morgan fingerprint density at radius 2 is 2.21 bits per heavy atom. The number of ether oxygens (including phenoxy) is 2. The molecule has 1 aromatic heterocycles. The first-order valence-corrected chi connectivity index (χ1v) is 9.00. The van der Waals surface area contributed by atoms with Gasteiger partial charge in [-0.1, -0.05) is 17.7 Å². The number of aryl methyl sites for hydroxylation is 1. The van der Waals surface area contributed by atoms with E-state index in [1.165, 1.54) is 16.9 Å². The predicted molar refractivity (Wildman–Crippen MR) is 93.3 cm³/mol. The quantitative estimate of drug-likeness (QED) is 0.835. The van der Waals surface area contributed by atoms with Crippen LogP contribution in [0.25, 0.3) is 0 Å². The minimum Gasteiger partial charge on any atom is -0.486 e. The van der Waals surface area contributed by atoms with Gasteiger partial charge in [0.15, 0.2) is 0 Å². The first-order valence-electron chi connectivity index (χ1n) is 8.12. The van der Waals surface area contributed by atoms with Crippen molar-refractivity contribution in [1.82, 2.24) is 9.88 Å². The lowest BCUT2D eigenvalue weighted by molar-refractivity contribution is -0.138. The molecule has 1 atom stereocenters. The third-order valence-corrected chi connectivity index (χ3v) is 4.87. The molecule has 3 rings (SSSR count). The fourth-order valence-corrected chi connectivity index (χ4v) is 3.34. The molecular formula is C18H22N2O3S. The number of carbonyl (C=O) groups excluding carboxylic acids is 1. The Labute approximate surface area is 146 Å². The zero-order chi connectivity index (χ0) is 16.9. The number of thiazole rings is 1. The lowest BCUT2D eigenvalue weighted by Gasteiger charge is -2.33. The molecule has 2 aromatic rings. The fourth-order valence-electron chi connectivity index (χ4n) is 2.63. The van der Waals surface area contributed by atoms with E-state index in [9.17, 15) is 4.79 Å². The molecule has 1 fully saturated rings. The third-order valence-electron chi connectivity index (χ3n) is 4.00. The van der Waals surface area contributed by atoms with Gasteiger partial charge in [-0.15, -0.1) is 11.3 Å². The average molecular weight is 346 g/mol. The molecule has 24 heavy (non-hydrogen) atoms. The number of amides is 1. The van der Waals surface area contributed by atoms with Crippen LogP contribution in [0.4, 0.5) is 0 Å². The zero-order valence-electron chi connectivity index (χ0n) is 14.0. The van der Waals surface area contributed by atoms with Gasteiger partial charge in [0.05, 0.1) is 31.4 Å². The molecule has 1 aliphatic heterocycles. The maximum atomic E-state index is 12.4. The molecule has 0 saturated carbocycles. The number of morpholine rings is 1. The molecule has 6 heteroatoms. The molecule has 0 aliphatic carbocycles. The lowest BCUT2D eigenvalue weighted by atomic mass is 10.2. The second-order valence-electron chi connectivity index (χ2n) is 6.02. The highest BCUT2D eigenvalue weighted by atomic mass is 32.1. The van der Waals surface area contributed by atoms with E-state index in [0.717, 1.165) is 16.5 Å². The molecule has 2 heterocycles. The molecule has 0 bridgehead atoms. The van der Waals surface area contributed by atoms with Crippen LogP contribution in [-0.4, -0.2) is 41.6 Å². The van der Waals surface area contributed by atoms with E-state index in [1.807, 2.05) is 48.4 Å². The summed E-state index contributed by atoms with van der Waals surface area (Å²) < 4.78 is 11.1. The van der Waals surface area contributed by atoms with Gasteiger partial charge in [-0.3, -0.25) is 4.79 Å². The van der Waals surface area contributed by atoms with E-state index in [1.54, 1.807) is 0 Å². The summed E-state index contributed by atoms with van der Waals surface area (Å²) in [6.45, 7) is 6.37. The Balaban J connectivity index is 1.53. The van der Waals surface area contributed by atoms with Crippen LogP contribution < -0.4 is 4.74 Å². The van der Waals surface area contributed by atoms with Crippen molar-refractivity contribution < 1.29 is 14.3 Å². The van der Waals surface area contributed by atoms with Gasteiger partial charge in [0, 0.05) is 11.9 Å². The molecule has 0 spiro atoms. The normalized spacial score (nSPS) is 17.8. The summed E-state index contributed by atoms with van der Waals surface area (Å²) >= 11 is 1.53. The van der Waals surface area contributed by atoms with Crippen molar-refractivity contribution in [1.29, 1.82) is 0 Å². The Hall–Kier alpha value is -1.92. The van der Waals surface area contributed by atoms with E-state index in [0.29, 0.717) is 32.8 Å². The van der Waals surface area contributed by atoms with Gasteiger partial charge in [0.2, 0.25) is 5.91 Å². The Kier molecular flexibility index (Phi) is 5.48. The summed E-state index contributed by atoms with van der Waals surface area (Å²) in [6, 6.07) is 8.07. The molecule has 128 valence electrons. The molecule has 0 N–H and O–H groups in total. The average Bonchev–Trinajstić information content (AvgIpc) is 3.02. The second kappa shape index (κ2) is 7.77. The number of nitrogens with zero attached hydrogens (tertiary/aromatic N) is 2. The van der Waals surface area contributed by atoms with Crippen LogP contribution >= 0.6 is 11.3 Å². The molecular weight excluding hydrogens is 324 g/mol. The van der Waals surface area contributed by atoms with Crippen LogP contribution in [0, 0.1) is 6.92 Å². The van der Waals surface area contributed by atoms with Gasteiger partial charge in [-0.25, -0.2) is 4.98 Å². The van der Waals surface area contributed by atoms with Crippen molar-refractivity contribution in [3.05, 3.63) is 45.9 Å². The van der Waals surface area contributed by atoms with Crippen LogP contribution in [0.1, 0.15) is 23.2 Å². The number of hydrogen-bond donors (Lipinski definition) is 0. The van der Waals surface area contributed by atoms with Crippen LogP contribution in [0.2, 0.25) is 0 Å². The standard InChI is InChI=1S/C18H22N2O3S/c1-13-3-5-16(6-4-13)23-11-17-19-15(12-24-17)9-18(21)20-7-8-22-10-14(20)2/h3-6,12,14H,7-11H2,1-2H3. The number of benzene rings is 1. The van der Waals surface area contributed by atoms with Crippen LogP contribution in [-0.2, 0) is 22.6 Å². The molecule has 5 nitrogen and oxygen atoms in total. The summed E-state index contributed by atoms with van der Waals surface area (Å²) in [5.74, 6) is 0.942. The van der Waals surface area contributed by atoms with Crippen molar-refractivity contribution in [2.24, 2.45) is 0 Å². The van der Waals surface area contributed by atoms with Crippen LogP contribution in [0.15, 0.2) is 29.6 Å².